The largest absolute Gasteiger partial charge is 0.491 e. The van der Waals surface area contributed by atoms with Crippen LogP contribution >= 0.6 is 0 Å². The summed E-state index contributed by atoms with van der Waals surface area (Å²) in [6.45, 7) is 15.1. The van der Waals surface area contributed by atoms with Gasteiger partial charge in [0.05, 0.1) is 18.0 Å². The molecule has 0 atom stereocenters. The monoisotopic (exact) mass is 552 g/mol. The number of hydrogen-bond donors (Lipinski definition) is 2. The zero-order valence-electron chi connectivity index (χ0n) is 24.9. The van der Waals surface area contributed by atoms with Crippen LogP contribution in [0.15, 0.2) is 60.7 Å². The van der Waals surface area contributed by atoms with Gasteiger partial charge in [-0.1, -0.05) is 65.0 Å². The number of ether oxygens (including phenoxy) is 1. The highest BCUT2D eigenvalue weighted by molar-refractivity contribution is 5.88. The molecule has 0 bridgehead atoms. The molecule has 2 aromatic carbocycles. The zero-order valence-corrected chi connectivity index (χ0v) is 24.9. The number of nitrogens with one attached hydrogen (secondary N) is 1. The molecule has 8 heteroatoms. The van der Waals surface area contributed by atoms with Crippen LogP contribution < -0.4 is 20.7 Å². The molecule has 2 aromatic heterocycles. The van der Waals surface area contributed by atoms with E-state index in [2.05, 4.69) is 80.7 Å². The minimum atomic E-state index is -0.590. The second-order valence-electron chi connectivity index (χ2n) is 12.2. The van der Waals surface area contributed by atoms with Crippen LogP contribution in [0.2, 0.25) is 0 Å². The van der Waals surface area contributed by atoms with Crippen LogP contribution in [0.25, 0.3) is 16.9 Å². The number of primary amides is 1. The number of benzene rings is 2. The maximum absolute atomic E-state index is 11.4. The first-order valence-corrected chi connectivity index (χ1v) is 14.2. The van der Waals surface area contributed by atoms with E-state index in [4.69, 9.17) is 20.6 Å². The van der Waals surface area contributed by atoms with Crippen molar-refractivity contribution in [1.29, 1.82) is 0 Å². The van der Waals surface area contributed by atoms with Crippen molar-refractivity contribution < 1.29 is 9.53 Å². The molecule has 0 radical (unpaired) electrons. The second-order valence-corrected chi connectivity index (χ2v) is 12.2. The van der Waals surface area contributed by atoms with Crippen molar-refractivity contribution >= 4 is 17.5 Å². The van der Waals surface area contributed by atoms with E-state index in [9.17, 15) is 4.79 Å². The predicted molar refractivity (Wildman–Crippen MR) is 165 cm³/mol. The third-order valence-corrected chi connectivity index (χ3v) is 7.27. The number of carbonyl (C=O) groups excluding carboxylic acids is 1. The molecule has 0 unspecified atom stereocenters. The van der Waals surface area contributed by atoms with Crippen molar-refractivity contribution in [2.75, 3.05) is 23.4 Å². The Balaban J connectivity index is 1.63. The minimum Gasteiger partial charge on any atom is -0.491 e. The highest BCUT2D eigenvalue weighted by Gasteiger charge is 2.29. The van der Waals surface area contributed by atoms with E-state index in [0.29, 0.717) is 24.8 Å². The Kier molecular flexibility index (Phi) is 7.76. The number of aryl methyl sites for hydroxylation is 1. The van der Waals surface area contributed by atoms with Crippen molar-refractivity contribution in [2.45, 2.75) is 59.9 Å². The number of rotatable bonds is 7. The number of fused-ring (bicyclic) bond motifs is 1. The van der Waals surface area contributed by atoms with Gasteiger partial charge < -0.3 is 20.7 Å². The predicted octanol–water partition coefficient (Wildman–Crippen LogP) is 6.63. The van der Waals surface area contributed by atoms with Crippen molar-refractivity contribution in [3.8, 4) is 22.7 Å². The quantitative estimate of drug-likeness (QED) is 0.268. The van der Waals surface area contributed by atoms with Crippen LogP contribution in [0.1, 0.15) is 57.1 Å². The van der Waals surface area contributed by atoms with E-state index in [-0.39, 0.29) is 5.41 Å². The first-order chi connectivity index (χ1) is 19.5. The van der Waals surface area contributed by atoms with Crippen molar-refractivity contribution in [3.05, 3.63) is 83.2 Å². The lowest BCUT2D eigenvalue weighted by atomic mass is 9.91. The molecule has 3 heterocycles. The van der Waals surface area contributed by atoms with E-state index < -0.39 is 6.03 Å². The van der Waals surface area contributed by atoms with E-state index in [1.165, 1.54) is 0 Å². The Morgan fingerprint density at radius 2 is 1.80 bits per heavy atom. The SMILES string of the molecule is Cc1cccc(OCC(C)C)c1-n1nc2c(c1-c1ccc(NC(N)=O)cc1)CN(c1cccc(C(C)(C)C)n1)CC2. The highest BCUT2D eigenvalue weighted by Crippen LogP contribution is 2.38. The zero-order chi connectivity index (χ0) is 29.3. The Morgan fingerprint density at radius 1 is 1.07 bits per heavy atom. The van der Waals surface area contributed by atoms with Gasteiger partial charge in [-0.15, -0.1) is 0 Å². The number of urea groups is 1. The fourth-order valence-electron chi connectivity index (χ4n) is 5.17. The van der Waals surface area contributed by atoms with E-state index in [0.717, 1.165) is 64.0 Å². The molecule has 3 N–H and O–H groups in total. The molecule has 1 aliphatic heterocycles. The van der Waals surface area contributed by atoms with E-state index in [1.807, 2.05) is 36.4 Å². The van der Waals surface area contributed by atoms with E-state index >= 15 is 0 Å². The number of hydrogen-bond acceptors (Lipinski definition) is 5. The number of aromatic nitrogens is 3. The van der Waals surface area contributed by atoms with Gasteiger partial charge in [-0.25, -0.2) is 14.5 Å². The van der Waals surface area contributed by atoms with Crippen molar-refractivity contribution in [2.24, 2.45) is 11.7 Å². The first kappa shape index (κ1) is 28.2. The summed E-state index contributed by atoms with van der Waals surface area (Å²) in [6.07, 6.45) is 0.798. The van der Waals surface area contributed by atoms with Gasteiger partial charge in [0.1, 0.15) is 17.3 Å². The Bertz CT molecular complexity index is 1550. The van der Waals surface area contributed by atoms with Gasteiger partial charge in [0, 0.05) is 47.4 Å². The maximum atomic E-state index is 11.4. The van der Waals surface area contributed by atoms with Gasteiger partial charge in [-0.3, -0.25) is 0 Å². The molecule has 214 valence electrons. The average Bonchev–Trinajstić information content (AvgIpc) is 3.30. The molecule has 0 fully saturated rings. The van der Waals surface area contributed by atoms with Crippen LogP contribution in [0.3, 0.4) is 0 Å². The molecule has 0 saturated carbocycles. The fourth-order valence-corrected chi connectivity index (χ4v) is 5.17. The number of para-hydroxylation sites is 1. The number of pyridine rings is 1. The summed E-state index contributed by atoms with van der Waals surface area (Å²) in [5.74, 6) is 2.17. The molecule has 4 aromatic rings. The topological polar surface area (TPSA) is 98.3 Å². The lowest BCUT2D eigenvalue weighted by molar-refractivity contribution is 0.259. The summed E-state index contributed by atoms with van der Waals surface area (Å²) in [7, 11) is 0. The summed E-state index contributed by atoms with van der Waals surface area (Å²) < 4.78 is 8.36. The summed E-state index contributed by atoms with van der Waals surface area (Å²) in [6, 6.07) is 19.6. The Morgan fingerprint density at radius 3 is 2.49 bits per heavy atom. The van der Waals surface area contributed by atoms with Crippen LogP contribution in [0.4, 0.5) is 16.3 Å². The third kappa shape index (κ3) is 6.06. The molecule has 41 heavy (non-hydrogen) atoms. The minimum absolute atomic E-state index is 0.0368. The Labute approximate surface area is 242 Å². The number of anilines is 2. The molecule has 0 spiro atoms. The first-order valence-electron chi connectivity index (χ1n) is 14.2. The van der Waals surface area contributed by atoms with Gasteiger partial charge in [0.15, 0.2) is 0 Å². The maximum Gasteiger partial charge on any atom is 0.316 e. The number of nitrogens with zero attached hydrogens (tertiary/aromatic N) is 4. The molecule has 0 aliphatic carbocycles. The third-order valence-electron chi connectivity index (χ3n) is 7.27. The summed E-state index contributed by atoms with van der Waals surface area (Å²) >= 11 is 0. The van der Waals surface area contributed by atoms with E-state index in [1.54, 1.807) is 0 Å². The molecule has 0 saturated heterocycles. The van der Waals surface area contributed by atoms with Crippen LogP contribution in [-0.2, 0) is 18.4 Å². The molecule has 8 nitrogen and oxygen atoms in total. The van der Waals surface area contributed by atoms with Gasteiger partial charge in [0.25, 0.3) is 0 Å². The fraction of sp³-hybridized carbons (Fsp3) is 0.364. The number of amides is 2. The number of nitrogens with two attached hydrogens (primary N) is 1. The van der Waals surface area contributed by atoms with Gasteiger partial charge >= 0.3 is 6.03 Å². The van der Waals surface area contributed by atoms with Crippen molar-refractivity contribution in [1.82, 2.24) is 14.8 Å². The summed E-state index contributed by atoms with van der Waals surface area (Å²) in [4.78, 5) is 18.8. The lowest BCUT2D eigenvalue weighted by Gasteiger charge is -2.29. The molecule has 5 rings (SSSR count). The van der Waals surface area contributed by atoms with Gasteiger partial charge in [-0.2, -0.15) is 5.10 Å². The Hall–Kier alpha value is -4.33. The lowest BCUT2D eigenvalue weighted by Crippen LogP contribution is -2.31. The van der Waals surface area contributed by atoms with Crippen LogP contribution in [0.5, 0.6) is 5.75 Å². The van der Waals surface area contributed by atoms with Crippen LogP contribution in [-0.4, -0.2) is 33.9 Å². The van der Waals surface area contributed by atoms with Gasteiger partial charge in [0.2, 0.25) is 0 Å². The van der Waals surface area contributed by atoms with Gasteiger partial charge in [-0.05, 0) is 48.7 Å². The normalized spacial score (nSPS) is 13.3. The van der Waals surface area contributed by atoms with Crippen LogP contribution in [0, 0.1) is 12.8 Å². The molecular formula is C33H40N6O2. The van der Waals surface area contributed by atoms with Crippen molar-refractivity contribution in [3.63, 3.8) is 0 Å². The molecule has 2 amide bonds. The second kappa shape index (κ2) is 11.3. The highest BCUT2D eigenvalue weighted by atomic mass is 16.5. The smallest absolute Gasteiger partial charge is 0.316 e. The summed E-state index contributed by atoms with van der Waals surface area (Å²) in [5, 5.41) is 7.86. The molecular weight excluding hydrogens is 512 g/mol. The number of carbonyl (C=O) groups is 1. The average molecular weight is 553 g/mol. The summed E-state index contributed by atoms with van der Waals surface area (Å²) in [5.41, 5.74) is 13.3. The molecule has 1 aliphatic rings. The standard InChI is InChI=1S/C33H40N6O2/c1-21(2)20-41-27-10-7-9-22(3)30(27)39-31(23-13-15-24(16-14-23)35-32(34)40)25-19-38(18-17-26(25)37-39)29-12-8-11-28(36-29)33(4,5)6/h7-16,21H,17-20H2,1-6H3,(H3,34,35,40).